The lowest BCUT2D eigenvalue weighted by atomic mass is 9.77. The van der Waals surface area contributed by atoms with Crippen LogP contribution in [0.4, 0.5) is 0 Å². The number of carbonyl (C=O) groups is 1. The largest absolute Gasteiger partial charge is 0.512 e. The van der Waals surface area contributed by atoms with E-state index in [2.05, 4.69) is 0 Å². The van der Waals surface area contributed by atoms with Crippen molar-refractivity contribution in [2.45, 2.75) is 67.2 Å². The monoisotopic (exact) mass is 241 g/mol. The van der Waals surface area contributed by atoms with E-state index in [-0.39, 0.29) is 17.6 Å². The van der Waals surface area contributed by atoms with Gasteiger partial charge in [0.2, 0.25) is 0 Å². The van der Waals surface area contributed by atoms with Crippen molar-refractivity contribution in [3.63, 3.8) is 0 Å². The molecular formula is C15H28O2. The number of hydrogen-bond donors (Lipinski definition) is 1. The molecule has 0 aromatic carbocycles. The van der Waals surface area contributed by atoms with Gasteiger partial charge < -0.3 is 5.11 Å². The van der Waals surface area contributed by atoms with Gasteiger partial charge in [0.1, 0.15) is 5.76 Å². The van der Waals surface area contributed by atoms with E-state index in [9.17, 15) is 9.90 Å². The molecule has 0 unspecified atom stereocenters. The molecule has 17 heavy (non-hydrogen) atoms. The van der Waals surface area contributed by atoms with Gasteiger partial charge in [0.05, 0.1) is 1.37 Å². The van der Waals surface area contributed by atoms with Gasteiger partial charge in [-0.15, -0.1) is 0 Å². The van der Waals surface area contributed by atoms with Crippen LogP contribution in [0.2, 0.25) is 0 Å². The standard InChI is InChI=1S/C15H28O2/c1-7-14(5,8-2)12(16)11-13(17)15(6,9-3)10-4/h11,16H,7-10H2,1-6H3/b12-11-/i11D. The van der Waals surface area contributed by atoms with Crippen molar-refractivity contribution in [2.75, 3.05) is 0 Å². The first-order valence-electron chi connectivity index (χ1n) is 7.17. The summed E-state index contributed by atoms with van der Waals surface area (Å²) in [6, 6.07) is -0.201. The second-order valence-electron chi connectivity index (χ2n) is 5.34. The van der Waals surface area contributed by atoms with Gasteiger partial charge in [-0.25, -0.2) is 0 Å². The summed E-state index contributed by atoms with van der Waals surface area (Å²) in [5.74, 6) is -0.288. The number of aliphatic hydroxyl groups excluding tert-OH is 1. The van der Waals surface area contributed by atoms with Crippen LogP contribution in [0.3, 0.4) is 0 Å². The first-order chi connectivity index (χ1) is 8.22. The van der Waals surface area contributed by atoms with Crippen LogP contribution in [0, 0.1) is 10.8 Å². The van der Waals surface area contributed by atoms with E-state index in [0.29, 0.717) is 12.8 Å². The van der Waals surface area contributed by atoms with Gasteiger partial charge in [0, 0.05) is 16.9 Å². The molecule has 1 N–H and O–H groups in total. The Kier molecular flexibility index (Phi) is 5.23. The van der Waals surface area contributed by atoms with Crippen LogP contribution in [0.15, 0.2) is 11.8 Å². The third-order valence-corrected chi connectivity index (χ3v) is 4.47. The summed E-state index contributed by atoms with van der Waals surface area (Å²) < 4.78 is 7.99. The lowest BCUT2D eigenvalue weighted by Gasteiger charge is -2.28. The molecule has 0 aliphatic carbocycles. The molecule has 0 spiro atoms. The minimum absolute atomic E-state index is 0.0503. The maximum absolute atomic E-state index is 12.3. The van der Waals surface area contributed by atoms with Crippen LogP contribution < -0.4 is 0 Å². The Labute approximate surface area is 108 Å². The minimum Gasteiger partial charge on any atom is -0.512 e. The van der Waals surface area contributed by atoms with Gasteiger partial charge in [0.25, 0.3) is 0 Å². The van der Waals surface area contributed by atoms with Gasteiger partial charge in [0.15, 0.2) is 5.78 Å². The molecule has 0 saturated heterocycles. The lowest BCUT2D eigenvalue weighted by Crippen LogP contribution is -2.26. The zero-order valence-corrected chi connectivity index (χ0v) is 12.2. The van der Waals surface area contributed by atoms with E-state index in [1.165, 1.54) is 0 Å². The van der Waals surface area contributed by atoms with Crippen LogP contribution in [0.5, 0.6) is 0 Å². The van der Waals surface area contributed by atoms with Crippen molar-refractivity contribution < 1.29 is 11.3 Å². The topological polar surface area (TPSA) is 37.3 Å². The van der Waals surface area contributed by atoms with Crippen molar-refractivity contribution in [3.05, 3.63) is 11.8 Å². The van der Waals surface area contributed by atoms with Crippen molar-refractivity contribution in [1.29, 1.82) is 0 Å². The predicted molar refractivity (Wildman–Crippen MR) is 73.1 cm³/mol. The number of rotatable bonds is 7. The molecule has 0 fully saturated rings. The molecule has 2 heteroatoms. The number of hydrogen-bond acceptors (Lipinski definition) is 2. The van der Waals surface area contributed by atoms with Crippen molar-refractivity contribution in [1.82, 2.24) is 0 Å². The SMILES string of the molecule is [2H]/C(C(=O)C(C)(CC)CC)=C(/O)C(C)(CC)CC. The molecule has 0 radical (unpaired) electrons. The van der Waals surface area contributed by atoms with Gasteiger partial charge in [-0.1, -0.05) is 41.5 Å². The second-order valence-corrected chi connectivity index (χ2v) is 5.34. The summed E-state index contributed by atoms with van der Waals surface area (Å²) in [5.41, 5.74) is -0.997. The van der Waals surface area contributed by atoms with Crippen LogP contribution >= 0.6 is 0 Å². The molecule has 0 rings (SSSR count). The highest BCUT2D eigenvalue weighted by Gasteiger charge is 2.31. The number of carbonyl (C=O) groups excluding carboxylic acids is 1. The zero-order valence-electron chi connectivity index (χ0n) is 13.2. The Bertz CT molecular complexity index is 323. The van der Waals surface area contributed by atoms with Crippen molar-refractivity contribution >= 4 is 5.78 Å². The normalized spacial score (nSPS) is 15.3. The van der Waals surface area contributed by atoms with Gasteiger partial charge >= 0.3 is 0 Å². The zero-order chi connectivity index (χ0) is 14.6. The molecule has 0 bridgehead atoms. The minimum atomic E-state index is -0.534. The quantitative estimate of drug-likeness (QED) is 0.520. The van der Waals surface area contributed by atoms with Crippen LogP contribution in [0.25, 0.3) is 0 Å². The highest BCUT2D eigenvalue weighted by molar-refractivity contribution is 5.94. The van der Waals surface area contributed by atoms with E-state index in [0.717, 1.165) is 12.8 Å². The summed E-state index contributed by atoms with van der Waals surface area (Å²) in [6.45, 7) is 11.6. The van der Waals surface area contributed by atoms with E-state index >= 15 is 0 Å². The molecule has 0 heterocycles. The summed E-state index contributed by atoms with van der Waals surface area (Å²) in [5, 5.41) is 10.2. The highest BCUT2D eigenvalue weighted by atomic mass is 16.3. The summed E-state index contributed by atoms with van der Waals surface area (Å²) in [7, 11) is 0. The van der Waals surface area contributed by atoms with E-state index < -0.39 is 10.8 Å². The fourth-order valence-electron chi connectivity index (χ4n) is 1.57. The Morgan fingerprint density at radius 2 is 1.41 bits per heavy atom. The molecule has 0 atom stereocenters. The summed E-state index contributed by atoms with van der Waals surface area (Å²) in [6.07, 6.45) is 2.82. The fourth-order valence-corrected chi connectivity index (χ4v) is 1.57. The van der Waals surface area contributed by atoms with E-state index in [1.54, 1.807) is 0 Å². The number of aliphatic hydroxyl groups is 1. The first-order valence-corrected chi connectivity index (χ1v) is 6.67. The average molecular weight is 241 g/mol. The second kappa shape index (κ2) is 6.23. The van der Waals surface area contributed by atoms with Gasteiger partial charge in [-0.2, -0.15) is 0 Å². The third kappa shape index (κ3) is 3.58. The molecule has 100 valence electrons. The Morgan fingerprint density at radius 1 is 1.06 bits per heavy atom. The lowest BCUT2D eigenvalue weighted by molar-refractivity contribution is -0.123. The smallest absolute Gasteiger partial charge is 0.164 e. The van der Waals surface area contributed by atoms with E-state index in [4.69, 9.17) is 1.37 Å². The average Bonchev–Trinajstić information content (AvgIpc) is 2.42. The summed E-state index contributed by atoms with van der Waals surface area (Å²) >= 11 is 0. The van der Waals surface area contributed by atoms with E-state index in [1.807, 2.05) is 41.5 Å². The number of ketones is 1. The molecule has 0 amide bonds. The molecular weight excluding hydrogens is 212 g/mol. The highest BCUT2D eigenvalue weighted by Crippen LogP contribution is 2.34. The van der Waals surface area contributed by atoms with Crippen LogP contribution in [0.1, 0.15) is 68.6 Å². The molecule has 0 aliphatic rings. The summed E-state index contributed by atoms with van der Waals surface area (Å²) in [4.78, 5) is 12.3. The van der Waals surface area contributed by atoms with Gasteiger partial charge in [-0.05, 0) is 25.7 Å². The fraction of sp³-hybridized carbons (Fsp3) is 0.800. The first kappa shape index (κ1) is 14.3. The Hall–Kier alpha value is -0.790. The maximum atomic E-state index is 12.3. The molecule has 0 aromatic heterocycles. The predicted octanol–water partition coefficient (Wildman–Crippen LogP) is 4.65. The molecule has 0 aromatic rings. The third-order valence-electron chi connectivity index (χ3n) is 4.47. The Balaban J connectivity index is 5.49. The van der Waals surface area contributed by atoms with Crippen LogP contribution in [-0.2, 0) is 4.79 Å². The molecule has 0 saturated carbocycles. The molecule has 0 aliphatic heterocycles. The van der Waals surface area contributed by atoms with Crippen LogP contribution in [-0.4, -0.2) is 10.9 Å². The van der Waals surface area contributed by atoms with Gasteiger partial charge in [-0.3, -0.25) is 4.79 Å². The van der Waals surface area contributed by atoms with Crippen molar-refractivity contribution in [2.24, 2.45) is 10.8 Å². The van der Waals surface area contributed by atoms with Crippen molar-refractivity contribution in [3.8, 4) is 0 Å². The maximum Gasteiger partial charge on any atom is 0.164 e. The Morgan fingerprint density at radius 3 is 1.71 bits per heavy atom. The number of allylic oxidation sites excluding steroid dienone is 2. The molecule has 2 nitrogen and oxygen atoms in total.